The van der Waals surface area contributed by atoms with Gasteiger partial charge in [0.25, 0.3) is 11.8 Å². The van der Waals surface area contributed by atoms with Gasteiger partial charge in [-0.05, 0) is 48.0 Å². The molecule has 3 aromatic carbocycles. The smallest absolute Gasteiger partial charge is 0.266 e. The number of amides is 2. The number of fused-ring (bicyclic) bond motifs is 2. The van der Waals surface area contributed by atoms with Crippen LogP contribution in [0, 0.1) is 0 Å². The summed E-state index contributed by atoms with van der Waals surface area (Å²) in [6, 6.07) is 23.3. The lowest BCUT2D eigenvalue weighted by Crippen LogP contribution is -2.41. The second kappa shape index (κ2) is 8.86. The summed E-state index contributed by atoms with van der Waals surface area (Å²) in [5.74, 6) is -0.452. The lowest BCUT2D eigenvalue weighted by atomic mass is 10.2. The Morgan fingerprint density at radius 2 is 1.59 bits per heavy atom. The highest BCUT2D eigenvalue weighted by atomic mass is 79.9. The van der Waals surface area contributed by atoms with Crippen molar-refractivity contribution in [1.82, 2.24) is 4.90 Å². The number of para-hydroxylation sites is 2. The molecule has 8 heteroatoms. The van der Waals surface area contributed by atoms with Crippen molar-refractivity contribution < 1.29 is 9.59 Å². The molecule has 2 aliphatic heterocycles. The first-order chi connectivity index (χ1) is 15.5. The molecule has 2 aliphatic rings. The molecule has 0 bridgehead atoms. The van der Waals surface area contributed by atoms with Gasteiger partial charge in [0.05, 0.1) is 16.3 Å². The number of rotatable bonds is 3. The molecule has 0 spiro atoms. The average Bonchev–Trinajstić information content (AvgIpc) is 3.04. The number of anilines is 2. The number of nitrogens with zero attached hydrogens (tertiary/aromatic N) is 2. The molecule has 0 saturated carbocycles. The summed E-state index contributed by atoms with van der Waals surface area (Å²) in [6.07, 6.45) is 1.80. The fourth-order valence-electron chi connectivity index (χ4n) is 3.56. The van der Waals surface area contributed by atoms with E-state index >= 15 is 0 Å². The van der Waals surface area contributed by atoms with E-state index in [4.69, 9.17) is 12.2 Å². The molecule has 5 rings (SSSR count). The molecular formula is C24H15BrN2O2S3. The van der Waals surface area contributed by atoms with E-state index in [0.717, 1.165) is 31.2 Å². The summed E-state index contributed by atoms with van der Waals surface area (Å²) >= 11 is 11.8. The number of carbonyl (C=O) groups excluding carboxylic acids is 2. The van der Waals surface area contributed by atoms with Gasteiger partial charge in [-0.1, -0.05) is 88.1 Å². The molecule has 0 N–H and O–H groups in total. The second-order valence-corrected chi connectivity index (χ2v) is 10.8. The Balaban J connectivity index is 1.43. The van der Waals surface area contributed by atoms with Gasteiger partial charge in [-0.2, -0.15) is 0 Å². The van der Waals surface area contributed by atoms with Crippen LogP contribution >= 0.6 is 51.7 Å². The molecule has 0 atom stereocenters. The van der Waals surface area contributed by atoms with Crippen LogP contribution < -0.4 is 4.90 Å². The summed E-state index contributed by atoms with van der Waals surface area (Å²) in [4.78, 5) is 32.2. The monoisotopic (exact) mass is 538 g/mol. The maximum absolute atomic E-state index is 13.5. The van der Waals surface area contributed by atoms with Gasteiger partial charge in [0.2, 0.25) is 0 Å². The lowest BCUT2D eigenvalue weighted by Gasteiger charge is -2.32. The minimum Gasteiger partial charge on any atom is -0.283 e. The average molecular weight is 540 g/mol. The number of thiocarbonyl (C=S) groups is 1. The zero-order chi connectivity index (χ0) is 22.2. The minimum atomic E-state index is -0.249. The van der Waals surface area contributed by atoms with Crippen molar-refractivity contribution in [3.05, 3.63) is 87.7 Å². The largest absolute Gasteiger partial charge is 0.283 e. The van der Waals surface area contributed by atoms with Gasteiger partial charge >= 0.3 is 0 Å². The predicted molar refractivity (Wildman–Crippen MR) is 138 cm³/mol. The predicted octanol–water partition coefficient (Wildman–Crippen LogP) is 6.48. The zero-order valence-electron chi connectivity index (χ0n) is 16.5. The quantitative estimate of drug-likeness (QED) is 0.282. The summed E-state index contributed by atoms with van der Waals surface area (Å²) in [6.45, 7) is -0.117. The molecule has 1 saturated heterocycles. The highest BCUT2D eigenvalue weighted by molar-refractivity contribution is 9.10. The molecule has 3 aromatic rings. The molecule has 0 unspecified atom stereocenters. The maximum atomic E-state index is 13.5. The summed E-state index contributed by atoms with van der Waals surface area (Å²) in [5, 5.41) is 0. The first-order valence-corrected chi connectivity index (χ1v) is 12.5. The second-order valence-electron chi connectivity index (χ2n) is 7.09. The van der Waals surface area contributed by atoms with E-state index in [1.54, 1.807) is 22.7 Å². The number of hydrogen-bond donors (Lipinski definition) is 0. The molecule has 4 nitrogen and oxygen atoms in total. The molecule has 158 valence electrons. The van der Waals surface area contributed by atoms with Crippen molar-refractivity contribution in [2.24, 2.45) is 0 Å². The molecule has 0 radical (unpaired) electrons. The van der Waals surface area contributed by atoms with E-state index in [9.17, 15) is 9.59 Å². The van der Waals surface area contributed by atoms with Gasteiger partial charge < -0.3 is 0 Å². The Kier molecular flexibility index (Phi) is 5.94. The topological polar surface area (TPSA) is 40.6 Å². The number of thioether (sulfide) groups is 1. The SMILES string of the molecule is O=C1/C(=C\c2cccc(Br)c2)SC(=S)N1CC(=O)N1c2ccccc2Sc2ccccc21. The highest BCUT2D eigenvalue weighted by Gasteiger charge is 2.36. The van der Waals surface area contributed by atoms with Crippen LogP contribution in [0.3, 0.4) is 0 Å². The van der Waals surface area contributed by atoms with E-state index in [2.05, 4.69) is 15.9 Å². The molecule has 0 aromatic heterocycles. The van der Waals surface area contributed by atoms with Crippen molar-refractivity contribution in [1.29, 1.82) is 0 Å². The van der Waals surface area contributed by atoms with Crippen LogP contribution in [-0.2, 0) is 9.59 Å². The molecule has 1 fully saturated rings. The van der Waals surface area contributed by atoms with Crippen LogP contribution in [-0.4, -0.2) is 27.6 Å². The third-order valence-electron chi connectivity index (χ3n) is 5.00. The van der Waals surface area contributed by atoms with Gasteiger partial charge in [-0.25, -0.2) is 0 Å². The summed E-state index contributed by atoms with van der Waals surface area (Å²) < 4.78 is 1.31. The van der Waals surface area contributed by atoms with Gasteiger partial charge in [-0.3, -0.25) is 19.4 Å². The number of benzene rings is 3. The number of halogens is 1. The van der Waals surface area contributed by atoms with E-state index in [-0.39, 0.29) is 18.4 Å². The van der Waals surface area contributed by atoms with Gasteiger partial charge in [-0.15, -0.1) is 0 Å². The Hall–Kier alpha value is -2.39. The van der Waals surface area contributed by atoms with E-state index in [0.29, 0.717) is 9.23 Å². The fourth-order valence-corrected chi connectivity index (χ4v) is 6.29. The number of hydrogen-bond acceptors (Lipinski definition) is 5. The first-order valence-electron chi connectivity index (χ1n) is 9.71. The van der Waals surface area contributed by atoms with E-state index < -0.39 is 0 Å². The van der Waals surface area contributed by atoms with Crippen LogP contribution in [0.4, 0.5) is 11.4 Å². The van der Waals surface area contributed by atoms with Crippen molar-refractivity contribution in [2.45, 2.75) is 9.79 Å². The van der Waals surface area contributed by atoms with Crippen LogP contribution in [0.25, 0.3) is 6.08 Å². The third-order valence-corrected chi connectivity index (χ3v) is 8.00. The van der Waals surface area contributed by atoms with Gasteiger partial charge in [0.1, 0.15) is 10.9 Å². The normalized spacial score (nSPS) is 16.3. The molecular weight excluding hydrogens is 524 g/mol. The Morgan fingerprint density at radius 3 is 2.25 bits per heavy atom. The van der Waals surface area contributed by atoms with Crippen molar-refractivity contribution in [2.75, 3.05) is 11.4 Å². The van der Waals surface area contributed by atoms with Crippen LogP contribution in [0.1, 0.15) is 5.56 Å². The lowest BCUT2D eigenvalue weighted by molar-refractivity contribution is -0.127. The molecule has 2 amide bonds. The Morgan fingerprint density at radius 1 is 0.938 bits per heavy atom. The van der Waals surface area contributed by atoms with Gasteiger partial charge in [0.15, 0.2) is 0 Å². The van der Waals surface area contributed by atoms with Crippen LogP contribution in [0.15, 0.2) is 92.0 Å². The zero-order valence-corrected chi connectivity index (χ0v) is 20.6. The van der Waals surface area contributed by atoms with Crippen molar-refractivity contribution >= 4 is 85.3 Å². The van der Waals surface area contributed by atoms with E-state index in [1.807, 2.05) is 72.8 Å². The highest BCUT2D eigenvalue weighted by Crippen LogP contribution is 2.48. The van der Waals surface area contributed by atoms with Gasteiger partial charge in [0, 0.05) is 14.3 Å². The van der Waals surface area contributed by atoms with Crippen molar-refractivity contribution in [3.63, 3.8) is 0 Å². The summed E-state index contributed by atoms with van der Waals surface area (Å²) in [5.41, 5.74) is 2.52. The Labute approximate surface area is 207 Å². The fraction of sp³-hybridized carbons (Fsp3) is 0.0417. The Bertz CT molecular complexity index is 1260. The van der Waals surface area contributed by atoms with Crippen LogP contribution in [0.2, 0.25) is 0 Å². The maximum Gasteiger partial charge on any atom is 0.266 e. The molecule has 32 heavy (non-hydrogen) atoms. The number of carbonyl (C=O) groups is 2. The minimum absolute atomic E-state index is 0.117. The standard InChI is InChI=1S/C24H15BrN2O2S3/c25-16-7-5-6-15(12-16)13-21-23(29)26(24(30)32-21)14-22(28)27-17-8-1-3-10-19(17)31-20-11-4-2-9-18(20)27/h1-13H,14H2/b21-13+. The third kappa shape index (κ3) is 4.03. The first kappa shape index (κ1) is 21.5. The summed E-state index contributed by atoms with van der Waals surface area (Å²) in [7, 11) is 0. The molecule has 0 aliphatic carbocycles. The van der Waals surface area contributed by atoms with Crippen molar-refractivity contribution in [3.8, 4) is 0 Å². The van der Waals surface area contributed by atoms with Crippen LogP contribution in [0.5, 0.6) is 0 Å². The van der Waals surface area contributed by atoms with E-state index in [1.165, 1.54) is 16.7 Å². The molecule has 2 heterocycles.